The molecule has 4 heteroatoms. The molecule has 2 atom stereocenters. The summed E-state index contributed by atoms with van der Waals surface area (Å²) < 4.78 is 16.7. The van der Waals surface area contributed by atoms with Gasteiger partial charge >= 0.3 is 0 Å². The number of rotatable bonds is 10. The van der Waals surface area contributed by atoms with Crippen molar-refractivity contribution in [1.29, 1.82) is 0 Å². The van der Waals surface area contributed by atoms with Crippen LogP contribution in [0.15, 0.2) is 0 Å². The maximum atomic E-state index is 5.79. The first kappa shape index (κ1) is 15.9. The maximum Gasteiger partial charge on any atom is 0.0808 e. The highest BCUT2D eigenvalue weighted by atomic mass is 16.5. The fraction of sp³-hybridized carbons (Fsp3) is 1.00. The summed E-state index contributed by atoms with van der Waals surface area (Å²) >= 11 is 0. The van der Waals surface area contributed by atoms with Gasteiger partial charge in [0.1, 0.15) is 0 Å². The van der Waals surface area contributed by atoms with Crippen molar-refractivity contribution in [3.05, 3.63) is 0 Å². The molecule has 0 aromatic carbocycles. The highest BCUT2D eigenvalue weighted by Crippen LogP contribution is 2.13. The van der Waals surface area contributed by atoms with Crippen LogP contribution in [-0.4, -0.2) is 51.7 Å². The first-order valence-electron chi connectivity index (χ1n) is 7.34. The Morgan fingerprint density at radius 2 is 2.28 bits per heavy atom. The standard InChI is InChI=1S/C14H29NO3/c1-3-16-9-6-8-15-11-13(2)18-12-14-7-4-5-10-17-14/h13-15H,3-12H2,1-2H3. The summed E-state index contributed by atoms with van der Waals surface area (Å²) in [7, 11) is 0. The zero-order chi connectivity index (χ0) is 13.1. The van der Waals surface area contributed by atoms with Gasteiger partial charge in [-0.15, -0.1) is 0 Å². The molecule has 0 aromatic rings. The Morgan fingerprint density at radius 1 is 1.39 bits per heavy atom. The van der Waals surface area contributed by atoms with Crippen molar-refractivity contribution in [2.45, 2.75) is 51.7 Å². The lowest BCUT2D eigenvalue weighted by atomic mass is 10.1. The smallest absolute Gasteiger partial charge is 0.0808 e. The van der Waals surface area contributed by atoms with Gasteiger partial charge in [0.25, 0.3) is 0 Å². The summed E-state index contributed by atoms with van der Waals surface area (Å²) in [5, 5.41) is 3.39. The molecular formula is C14H29NO3. The second-order valence-electron chi connectivity index (χ2n) is 4.89. The molecule has 0 bridgehead atoms. The third kappa shape index (κ3) is 8.03. The second kappa shape index (κ2) is 10.7. The van der Waals surface area contributed by atoms with Crippen molar-refractivity contribution in [2.24, 2.45) is 0 Å². The van der Waals surface area contributed by atoms with E-state index >= 15 is 0 Å². The molecule has 4 nitrogen and oxygen atoms in total. The summed E-state index contributed by atoms with van der Waals surface area (Å²) in [6.07, 6.45) is 5.26. The van der Waals surface area contributed by atoms with Gasteiger partial charge in [-0.1, -0.05) is 0 Å². The first-order chi connectivity index (χ1) is 8.83. The quantitative estimate of drug-likeness (QED) is 0.609. The first-order valence-corrected chi connectivity index (χ1v) is 7.34. The van der Waals surface area contributed by atoms with Crippen molar-refractivity contribution in [3.8, 4) is 0 Å². The molecule has 0 aliphatic carbocycles. The minimum absolute atomic E-state index is 0.252. The minimum Gasteiger partial charge on any atom is -0.382 e. The maximum absolute atomic E-state index is 5.79. The zero-order valence-electron chi connectivity index (χ0n) is 12.0. The number of hydrogen-bond donors (Lipinski definition) is 1. The molecule has 1 heterocycles. The lowest BCUT2D eigenvalue weighted by Gasteiger charge is -2.24. The van der Waals surface area contributed by atoms with E-state index in [1.54, 1.807) is 0 Å². The van der Waals surface area contributed by atoms with E-state index in [1.165, 1.54) is 12.8 Å². The van der Waals surface area contributed by atoms with Crippen LogP contribution in [0.5, 0.6) is 0 Å². The summed E-state index contributed by atoms with van der Waals surface area (Å²) in [5.74, 6) is 0. The number of nitrogens with one attached hydrogen (secondary N) is 1. The van der Waals surface area contributed by atoms with E-state index in [9.17, 15) is 0 Å². The van der Waals surface area contributed by atoms with E-state index in [0.29, 0.717) is 6.10 Å². The molecule has 18 heavy (non-hydrogen) atoms. The van der Waals surface area contributed by atoms with Crippen LogP contribution in [-0.2, 0) is 14.2 Å². The monoisotopic (exact) mass is 259 g/mol. The molecule has 0 amide bonds. The molecule has 1 fully saturated rings. The van der Waals surface area contributed by atoms with Gasteiger partial charge < -0.3 is 19.5 Å². The van der Waals surface area contributed by atoms with Crippen molar-refractivity contribution in [1.82, 2.24) is 5.32 Å². The predicted molar refractivity (Wildman–Crippen MR) is 73.0 cm³/mol. The molecule has 1 rings (SSSR count). The molecule has 1 aliphatic rings. The Kier molecular flexibility index (Phi) is 9.48. The lowest BCUT2D eigenvalue weighted by molar-refractivity contribution is -0.0584. The van der Waals surface area contributed by atoms with E-state index < -0.39 is 0 Å². The van der Waals surface area contributed by atoms with Crippen LogP contribution < -0.4 is 5.32 Å². The summed E-state index contributed by atoms with van der Waals surface area (Å²) in [5.41, 5.74) is 0. The van der Waals surface area contributed by atoms with Crippen LogP contribution >= 0.6 is 0 Å². The fourth-order valence-corrected chi connectivity index (χ4v) is 2.02. The van der Waals surface area contributed by atoms with Gasteiger partial charge in [0.05, 0.1) is 18.8 Å². The second-order valence-corrected chi connectivity index (χ2v) is 4.89. The van der Waals surface area contributed by atoms with Crippen molar-refractivity contribution < 1.29 is 14.2 Å². The van der Waals surface area contributed by atoms with Gasteiger partial charge in [-0.25, -0.2) is 0 Å². The topological polar surface area (TPSA) is 39.7 Å². The molecular weight excluding hydrogens is 230 g/mol. The van der Waals surface area contributed by atoms with Gasteiger partial charge in [-0.05, 0) is 46.1 Å². The third-order valence-corrected chi connectivity index (χ3v) is 3.12. The SMILES string of the molecule is CCOCCCNCC(C)OCC1CCCCO1. The summed E-state index contributed by atoms with van der Waals surface area (Å²) in [6.45, 7) is 9.32. The van der Waals surface area contributed by atoms with Crippen molar-refractivity contribution in [3.63, 3.8) is 0 Å². The van der Waals surface area contributed by atoms with Crippen LogP contribution in [0.1, 0.15) is 39.5 Å². The largest absolute Gasteiger partial charge is 0.382 e. The average molecular weight is 259 g/mol. The van der Waals surface area contributed by atoms with Crippen LogP contribution in [0.4, 0.5) is 0 Å². The molecule has 1 saturated heterocycles. The molecule has 0 radical (unpaired) electrons. The van der Waals surface area contributed by atoms with E-state index in [-0.39, 0.29) is 6.10 Å². The Hall–Kier alpha value is -0.160. The van der Waals surface area contributed by atoms with Crippen molar-refractivity contribution in [2.75, 3.05) is 39.5 Å². The van der Waals surface area contributed by atoms with Crippen LogP contribution in [0.3, 0.4) is 0 Å². The predicted octanol–water partition coefficient (Wildman–Crippen LogP) is 1.98. The summed E-state index contributed by atoms with van der Waals surface area (Å²) in [4.78, 5) is 0. The highest BCUT2D eigenvalue weighted by molar-refractivity contribution is 4.64. The van der Waals surface area contributed by atoms with Crippen LogP contribution in [0, 0.1) is 0 Å². The Morgan fingerprint density at radius 3 is 3.00 bits per heavy atom. The van der Waals surface area contributed by atoms with Gasteiger partial charge in [0.15, 0.2) is 0 Å². The summed E-state index contributed by atoms with van der Waals surface area (Å²) in [6, 6.07) is 0. The Labute approximate surface area is 111 Å². The molecule has 2 unspecified atom stereocenters. The zero-order valence-corrected chi connectivity index (χ0v) is 12.0. The van der Waals surface area contributed by atoms with Gasteiger partial charge in [0.2, 0.25) is 0 Å². The molecule has 0 spiro atoms. The highest BCUT2D eigenvalue weighted by Gasteiger charge is 2.15. The number of ether oxygens (including phenoxy) is 3. The van der Waals surface area contributed by atoms with E-state index in [0.717, 1.165) is 52.4 Å². The normalized spacial score (nSPS) is 22.0. The van der Waals surface area contributed by atoms with Gasteiger partial charge in [-0.3, -0.25) is 0 Å². The fourth-order valence-electron chi connectivity index (χ4n) is 2.02. The van der Waals surface area contributed by atoms with E-state index in [2.05, 4.69) is 12.2 Å². The van der Waals surface area contributed by atoms with Crippen LogP contribution in [0.25, 0.3) is 0 Å². The van der Waals surface area contributed by atoms with Crippen LogP contribution in [0.2, 0.25) is 0 Å². The molecule has 0 aromatic heterocycles. The lowest BCUT2D eigenvalue weighted by Crippen LogP contribution is -2.32. The third-order valence-electron chi connectivity index (χ3n) is 3.12. The molecule has 1 N–H and O–H groups in total. The Balaban J connectivity index is 1.88. The van der Waals surface area contributed by atoms with Crippen molar-refractivity contribution >= 4 is 0 Å². The molecule has 108 valence electrons. The minimum atomic E-state index is 0.252. The Bertz CT molecular complexity index is 184. The molecule has 0 saturated carbocycles. The van der Waals surface area contributed by atoms with E-state index in [4.69, 9.17) is 14.2 Å². The van der Waals surface area contributed by atoms with E-state index in [1.807, 2.05) is 6.92 Å². The number of hydrogen-bond acceptors (Lipinski definition) is 4. The molecule has 1 aliphatic heterocycles. The average Bonchev–Trinajstić information content (AvgIpc) is 2.41. The van der Waals surface area contributed by atoms with Gasteiger partial charge in [0, 0.05) is 26.4 Å². The van der Waals surface area contributed by atoms with Gasteiger partial charge in [-0.2, -0.15) is 0 Å².